The fourth-order valence-corrected chi connectivity index (χ4v) is 3.34. The van der Waals surface area contributed by atoms with Crippen LogP contribution in [0.1, 0.15) is 23.2 Å². The molecule has 1 aliphatic heterocycles. The van der Waals surface area contributed by atoms with Crippen molar-refractivity contribution in [3.8, 4) is 0 Å². The second-order valence-corrected chi connectivity index (χ2v) is 7.98. The summed E-state index contributed by atoms with van der Waals surface area (Å²) in [4.78, 5) is 10.2. The second-order valence-electron chi connectivity index (χ2n) is 5.96. The van der Waals surface area contributed by atoms with Gasteiger partial charge in [-0.15, -0.1) is 0 Å². The van der Waals surface area contributed by atoms with E-state index in [2.05, 4.69) is 14.9 Å². The Morgan fingerprint density at radius 2 is 2.09 bits per heavy atom. The zero-order chi connectivity index (χ0) is 16.4. The molecule has 0 amide bonds. The Bertz CT molecular complexity index is 768. The first-order valence-corrected chi connectivity index (χ1v) is 9.45. The Labute approximate surface area is 136 Å². The minimum absolute atomic E-state index is 0.0484. The van der Waals surface area contributed by atoms with Crippen molar-refractivity contribution in [3.05, 3.63) is 47.5 Å². The summed E-state index contributed by atoms with van der Waals surface area (Å²) in [5.41, 5.74) is 2.12. The summed E-state index contributed by atoms with van der Waals surface area (Å²) in [6.45, 7) is 5.01. The molecule has 124 valence electrons. The van der Waals surface area contributed by atoms with Gasteiger partial charge in [0.1, 0.15) is 11.9 Å². The van der Waals surface area contributed by atoms with Crippen LogP contribution in [0.2, 0.25) is 0 Å². The van der Waals surface area contributed by atoms with Gasteiger partial charge in [0.05, 0.1) is 11.5 Å². The van der Waals surface area contributed by atoms with Crippen molar-refractivity contribution in [2.75, 3.05) is 26.0 Å². The third-order valence-corrected chi connectivity index (χ3v) is 5.06. The summed E-state index contributed by atoms with van der Waals surface area (Å²) in [5, 5.41) is 0. The van der Waals surface area contributed by atoms with Gasteiger partial charge in [0.2, 0.25) is 0 Å². The zero-order valence-electron chi connectivity index (χ0n) is 13.3. The zero-order valence-corrected chi connectivity index (χ0v) is 14.1. The lowest BCUT2D eigenvalue weighted by atomic mass is 10.2. The molecule has 1 atom stereocenters. The molecule has 2 heterocycles. The molecule has 0 aliphatic carbocycles. The van der Waals surface area contributed by atoms with E-state index in [1.165, 1.54) is 6.26 Å². The first-order valence-electron chi connectivity index (χ1n) is 7.56. The van der Waals surface area contributed by atoms with E-state index in [1.807, 2.05) is 25.3 Å². The summed E-state index contributed by atoms with van der Waals surface area (Å²) >= 11 is 0. The predicted molar refractivity (Wildman–Crippen MR) is 86.8 cm³/mol. The molecule has 0 saturated carbocycles. The first-order chi connectivity index (χ1) is 10.9. The first kappa shape index (κ1) is 16.2. The molecule has 1 aliphatic rings. The van der Waals surface area contributed by atoms with Crippen LogP contribution < -0.4 is 0 Å². The van der Waals surface area contributed by atoms with Gasteiger partial charge >= 0.3 is 0 Å². The van der Waals surface area contributed by atoms with Gasteiger partial charge in [-0.2, -0.15) is 0 Å². The van der Waals surface area contributed by atoms with Gasteiger partial charge in [0, 0.05) is 37.8 Å². The van der Waals surface area contributed by atoms with Crippen LogP contribution >= 0.6 is 0 Å². The molecule has 1 N–H and O–H groups in total. The Morgan fingerprint density at radius 1 is 1.35 bits per heavy atom. The molecule has 1 aromatic carbocycles. The number of aryl methyl sites for hydroxylation is 1. The predicted octanol–water partition coefficient (Wildman–Crippen LogP) is 1.70. The van der Waals surface area contributed by atoms with Crippen molar-refractivity contribution in [1.82, 2.24) is 14.9 Å². The number of H-pyrrole nitrogens is 1. The summed E-state index contributed by atoms with van der Waals surface area (Å²) < 4.78 is 28.8. The standard InChI is InChI=1S/C16H21N3O3S/c1-12-9-17-16(18-12)15-11-19(7-8-22-15)10-13-3-5-14(6-4-13)23(2,20)21/h3-6,9,15H,7-8,10-11H2,1-2H3,(H,17,18). The van der Waals surface area contributed by atoms with Crippen molar-refractivity contribution in [3.63, 3.8) is 0 Å². The average Bonchev–Trinajstić information content (AvgIpc) is 2.94. The number of rotatable bonds is 4. The molecule has 0 radical (unpaired) electrons. The van der Waals surface area contributed by atoms with E-state index in [0.717, 1.165) is 36.7 Å². The molecule has 1 unspecified atom stereocenters. The van der Waals surface area contributed by atoms with Crippen LogP contribution in [0.25, 0.3) is 0 Å². The highest BCUT2D eigenvalue weighted by Gasteiger charge is 2.24. The molecule has 2 aromatic rings. The van der Waals surface area contributed by atoms with Gasteiger partial charge in [0.25, 0.3) is 0 Å². The number of ether oxygens (including phenoxy) is 1. The molecule has 1 fully saturated rings. The molecule has 23 heavy (non-hydrogen) atoms. The number of aromatic amines is 1. The van der Waals surface area contributed by atoms with Crippen LogP contribution in [-0.4, -0.2) is 49.2 Å². The van der Waals surface area contributed by atoms with Crippen LogP contribution in [-0.2, 0) is 21.1 Å². The van der Waals surface area contributed by atoms with Crippen LogP contribution in [0.15, 0.2) is 35.4 Å². The van der Waals surface area contributed by atoms with E-state index in [4.69, 9.17) is 4.74 Å². The molecule has 0 spiro atoms. The van der Waals surface area contributed by atoms with E-state index in [-0.39, 0.29) is 6.10 Å². The second kappa shape index (κ2) is 6.43. The van der Waals surface area contributed by atoms with Crippen molar-refractivity contribution in [1.29, 1.82) is 0 Å². The van der Waals surface area contributed by atoms with Crippen molar-refractivity contribution in [2.45, 2.75) is 24.5 Å². The molecule has 0 bridgehead atoms. The molecule has 6 nitrogen and oxygen atoms in total. The molecular formula is C16H21N3O3S. The highest BCUT2D eigenvalue weighted by molar-refractivity contribution is 7.90. The van der Waals surface area contributed by atoms with Crippen LogP contribution in [0.3, 0.4) is 0 Å². The van der Waals surface area contributed by atoms with Crippen molar-refractivity contribution >= 4 is 9.84 Å². The topological polar surface area (TPSA) is 75.3 Å². The number of hydrogen-bond donors (Lipinski definition) is 1. The van der Waals surface area contributed by atoms with Crippen LogP contribution in [0.5, 0.6) is 0 Å². The lowest BCUT2D eigenvalue weighted by molar-refractivity contribution is -0.0368. The molecule has 7 heteroatoms. The summed E-state index contributed by atoms with van der Waals surface area (Å²) in [5.74, 6) is 0.861. The molecular weight excluding hydrogens is 314 g/mol. The van der Waals surface area contributed by atoms with Gasteiger partial charge in [0.15, 0.2) is 9.84 Å². The van der Waals surface area contributed by atoms with E-state index in [1.54, 1.807) is 12.1 Å². The molecule has 3 rings (SSSR count). The van der Waals surface area contributed by atoms with Gasteiger partial charge in [-0.05, 0) is 24.6 Å². The number of nitrogens with zero attached hydrogens (tertiary/aromatic N) is 2. The third-order valence-electron chi connectivity index (χ3n) is 3.94. The number of morpholine rings is 1. The Kier molecular flexibility index (Phi) is 4.52. The average molecular weight is 335 g/mol. The smallest absolute Gasteiger partial charge is 0.175 e. The maximum absolute atomic E-state index is 11.5. The maximum atomic E-state index is 11.5. The molecule has 1 saturated heterocycles. The normalized spacial score (nSPS) is 19.8. The van der Waals surface area contributed by atoms with E-state index >= 15 is 0 Å². The van der Waals surface area contributed by atoms with Gasteiger partial charge < -0.3 is 9.72 Å². The summed E-state index contributed by atoms with van der Waals surface area (Å²) in [7, 11) is -3.14. The van der Waals surface area contributed by atoms with E-state index in [9.17, 15) is 8.42 Å². The lowest BCUT2D eigenvalue weighted by Gasteiger charge is -2.32. The van der Waals surface area contributed by atoms with Crippen molar-refractivity contribution in [2.24, 2.45) is 0 Å². The fraction of sp³-hybridized carbons (Fsp3) is 0.438. The Hall–Kier alpha value is -1.70. The van der Waals surface area contributed by atoms with Gasteiger partial charge in [-0.3, -0.25) is 4.90 Å². The summed E-state index contributed by atoms with van der Waals surface area (Å²) in [6.07, 6.45) is 2.98. The Balaban J connectivity index is 1.65. The number of benzene rings is 1. The third kappa shape index (κ3) is 3.99. The highest BCUT2D eigenvalue weighted by atomic mass is 32.2. The lowest BCUT2D eigenvalue weighted by Crippen LogP contribution is -2.38. The number of imidazole rings is 1. The number of aromatic nitrogens is 2. The van der Waals surface area contributed by atoms with Crippen molar-refractivity contribution < 1.29 is 13.2 Å². The molecule has 1 aromatic heterocycles. The minimum Gasteiger partial charge on any atom is -0.368 e. The van der Waals surface area contributed by atoms with Crippen LogP contribution in [0, 0.1) is 6.92 Å². The van der Waals surface area contributed by atoms with Gasteiger partial charge in [-0.1, -0.05) is 12.1 Å². The SMILES string of the molecule is Cc1cnc(C2CN(Cc3ccc(S(C)(=O)=O)cc3)CCO2)[nH]1. The number of hydrogen-bond acceptors (Lipinski definition) is 5. The van der Waals surface area contributed by atoms with Gasteiger partial charge in [-0.25, -0.2) is 13.4 Å². The quantitative estimate of drug-likeness (QED) is 0.920. The number of nitrogens with one attached hydrogen (secondary N) is 1. The van der Waals surface area contributed by atoms with Crippen LogP contribution in [0.4, 0.5) is 0 Å². The fourth-order valence-electron chi connectivity index (χ4n) is 2.71. The number of sulfone groups is 1. The van der Waals surface area contributed by atoms with E-state index < -0.39 is 9.84 Å². The minimum atomic E-state index is -3.14. The highest BCUT2D eigenvalue weighted by Crippen LogP contribution is 2.21. The monoisotopic (exact) mass is 335 g/mol. The summed E-state index contributed by atoms with van der Waals surface area (Å²) in [6, 6.07) is 7.08. The maximum Gasteiger partial charge on any atom is 0.175 e. The van der Waals surface area contributed by atoms with E-state index in [0.29, 0.717) is 11.5 Å². The largest absolute Gasteiger partial charge is 0.368 e. The Morgan fingerprint density at radius 3 is 2.70 bits per heavy atom.